The number of amides is 2. The van der Waals surface area contributed by atoms with Crippen LogP contribution < -0.4 is 0 Å². The molecule has 23 heavy (non-hydrogen) atoms. The molecule has 3 rings (SSSR count). The Balaban J connectivity index is 1.72. The van der Waals surface area contributed by atoms with Crippen LogP contribution in [-0.2, 0) is 9.59 Å². The highest BCUT2D eigenvalue weighted by Crippen LogP contribution is 2.28. The van der Waals surface area contributed by atoms with E-state index in [1.54, 1.807) is 11.3 Å². The highest BCUT2D eigenvalue weighted by Gasteiger charge is 2.32. The van der Waals surface area contributed by atoms with Gasteiger partial charge in [0.25, 0.3) is 5.91 Å². The maximum atomic E-state index is 12.8. The van der Waals surface area contributed by atoms with Crippen LogP contribution in [0.3, 0.4) is 0 Å². The number of piperidine rings is 1. The lowest BCUT2D eigenvalue weighted by Gasteiger charge is -2.33. The van der Waals surface area contributed by atoms with Crippen LogP contribution in [0.2, 0.25) is 0 Å². The summed E-state index contributed by atoms with van der Waals surface area (Å²) in [6, 6.07) is -0.0185. The van der Waals surface area contributed by atoms with E-state index in [9.17, 15) is 9.59 Å². The molecule has 0 radical (unpaired) electrons. The third-order valence-corrected chi connectivity index (χ3v) is 5.24. The molecule has 1 aromatic heterocycles. The topological polar surface area (TPSA) is 65.9 Å². The summed E-state index contributed by atoms with van der Waals surface area (Å²) in [7, 11) is 0. The van der Waals surface area contributed by atoms with Gasteiger partial charge in [-0.1, -0.05) is 0 Å². The van der Waals surface area contributed by atoms with Crippen molar-refractivity contribution in [3.63, 3.8) is 0 Å². The second kappa shape index (κ2) is 6.78. The molecule has 124 valence electrons. The van der Waals surface area contributed by atoms with Crippen molar-refractivity contribution in [2.75, 3.05) is 13.1 Å². The van der Waals surface area contributed by atoms with Gasteiger partial charge in [0.05, 0.1) is 5.01 Å². The van der Waals surface area contributed by atoms with Gasteiger partial charge in [-0.3, -0.25) is 9.59 Å². The largest absolute Gasteiger partial charge is 0.337 e. The van der Waals surface area contributed by atoms with Crippen molar-refractivity contribution in [2.45, 2.75) is 51.5 Å². The van der Waals surface area contributed by atoms with Gasteiger partial charge >= 0.3 is 0 Å². The minimum absolute atomic E-state index is 0.00384. The fourth-order valence-corrected chi connectivity index (χ4v) is 3.88. The molecule has 0 bridgehead atoms. The fraction of sp³-hybridized carbons (Fsp3) is 0.625. The van der Waals surface area contributed by atoms with Crippen LogP contribution >= 0.6 is 11.3 Å². The zero-order chi connectivity index (χ0) is 16.4. The van der Waals surface area contributed by atoms with Crippen molar-refractivity contribution >= 4 is 28.9 Å². The Morgan fingerprint density at radius 1 is 1.39 bits per heavy atom. The highest BCUT2D eigenvalue weighted by atomic mass is 32.1. The summed E-state index contributed by atoms with van der Waals surface area (Å²) in [5.41, 5.74) is 0.512. The summed E-state index contributed by atoms with van der Waals surface area (Å²) in [5.74, 6) is 0.292. The molecule has 2 aliphatic heterocycles. The normalized spacial score (nSPS) is 22.5. The van der Waals surface area contributed by atoms with Gasteiger partial charge in [-0.05, 0) is 26.7 Å². The molecule has 7 heteroatoms. The van der Waals surface area contributed by atoms with Gasteiger partial charge in [0.15, 0.2) is 0 Å². The molecular weight excluding hydrogens is 312 g/mol. The predicted octanol–water partition coefficient (Wildman–Crippen LogP) is 2.24. The molecule has 2 amide bonds. The molecule has 0 N–H and O–H groups in total. The van der Waals surface area contributed by atoms with Crippen molar-refractivity contribution in [3.05, 3.63) is 16.6 Å². The van der Waals surface area contributed by atoms with Crippen molar-refractivity contribution < 1.29 is 9.59 Å². The van der Waals surface area contributed by atoms with E-state index in [0.29, 0.717) is 31.0 Å². The van der Waals surface area contributed by atoms with Gasteiger partial charge in [0.1, 0.15) is 5.71 Å². The van der Waals surface area contributed by atoms with Crippen LogP contribution in [0.4, 0.5) is 0 Å². The molecule has 0 spiro atoms. The van der Waals surface area contributed by atoms with Crippen LogP contribution in [0.25, 0.3) is 0 Å². The van der Waals surface area contributed by atoms with Crippen molar-refractivity contribution in [1.29, 1.82) is 0 Å². The Bertz CT molecular complexity index is 612. The molecule has 0 aromatic carbocycles. The third-order valence-electron chi connectivity index (χ3n) is 4.30. The summed E-state index contributed by atoms with van der Waals surface area (Å²) >= 11 is 1.65. The number of carbonyl (C=O) groups is 2. The van der Waals surface area contributed by atoms with Crippen molar-refractivity contribution in [2.24, 2.45) is 5.10 Å². The quantitative estimate of drug-likeness (QED) is 0.851. The summed E-state index contributed by atoms with van der Waals surface area (Å²) in [4.78, 5) is 30.9. The maximum Gasteiger partial charge on any atom is 0.270 e. The van der Waals surface area contributed by atoms with E-state index < -0.39 is 0 Å². The average Bonchev–Trinajstić information content (AvgIpc) is 3.09. The van der Waals surface area contributed by atoms with E-state index >= 15 is 0 Å². The van der Waals surface area contributed by atoms with Crippen molar-refractivity contribution in [3.8, 4) is 0 Å². The van der Waals surface area contributed by atoms with Gasteiger partial charge in [0.2, 0.25) is 5.91 Å². The van der Waals surface area contributed by atoms with Crippen LogP contribution in [0, 0.1) is 0 Å². The van der Waals surface area contributed by atoms with E-state index in [-0.39, 0.29) is 17.9 Å². The average molecular weight is 334 g/mol. The van der Waals surface area contributed by atoms with Crippen LogP contribution in [-0.4, -0.2) is 51.6 Å². The minimum Gasteiger partial charge on any atom is -0.337 e. The Labute approximate surface area is 140 Å². The molecular formula is C16H22N4O2S. The lowest BCUT2D eigenvalue weighted by molar-refractivity contribution is -0.133. The number of rotatable bonds is 3. The van der Waals surface area contributed by atoms with Gasteiger partial charge in [-0.2, -0.15) is 5.10 Å². The number of hydrazone groups is 1. The number of hydrogen-bond acceptors (Lipinski definition) is 5. The van der Waals surface area contributed by atoms with E-state index in [1.165, 1.54) is 5.01 Å². The van der Waals surface area contributed by atoms with E-state index in [0.717, 1.165) is 24.4 Å². The molecule has 1 aromatic rings. The number of likely N-dealkylation sites (tertiary alicyclic amines) is 1. The van der Waals surface area contributed by atoms with Gasteiger partial charge in [-0.15, -0.1) is 11.3 Å². The first-order valence-corrected chi connectivity index (χ1v) is 9.02. The number of carbonyl (C=O) groups excluding carboxylic acids is 2. The Hall–Kier alpha value is -1.76. The summed E-state index contributed by atoms with van der Waals surface area (Å²) in [6.07, 6.45) is 4.68. The minimum atomic E-state index is -0.0237. The Morgan fingerprint density at radius 3 is 2.91 bits per heavy atom. The summed E-state index contributed by atoms with van der Waals surface area (Å²) in [6.45, 7) is 5.28. The van der Waals surface area contributed by atoms with Crippen LogP contribution in [0.5, 0.6) is 0 Å². The predicted molar refractivity (Wildman–Crippen MR) is 89.3 cm³/mol. The van der Waals surface area contributed by atoms with E-state index in [4.69, 9.17) is 0 Å². The number of hydrogen-bond donors (Lipinski definition) is 0. The van der Waals surface area contributed by atoms with Gasteiger partial charge in [-0.25, -0.2) is 9.99 Å². The Kier molecular flexibility index (Phi) is 4.75. The molecule has 0 unspecified atom stereocenters. The van der Waals surface area contributed by atoms with Crippen LogP contribution in [0.15, 0.2) is 16.7 Å². The number of nitrogens with zero attached hydrogens (tertiary/aromatic N) is 4. The molecule has 2 aliphatic rings. The molecule has 1 fully saturated rings. The summed E-state index contributed by atoms with van der Waals surface area (Å²) in [5, 5.41) is 8.85. The molecule has 0 aliphatic carbocycles. The smallest absolute Gasteiger partial charge is 0.270 e. The first-order valence-electron chi connectivity index (χ1n) is 8.14. The molecule has 0 saturated carbocycles. The zero-order valence-corrected chi connectivity index (χ0v) is 14.4. The molecule has 3 heterocycles. The highest BCUT2D eigenvalue weighted by molar-refractivity contribution is 7.09. The lowest BCUT2D eigenvalue weighted by Crippen LogP contribution is -2.46. The SMILES string of the molecule is CC(C)N1N=C(C(=O)N2CCC[C@@H](c3nccs3)C2)CCC1=O. The van der Waals surface area contributed by atoms with Gasteiger partial charge in [0, 0.05) is 49.5 Å². The second-order valence-corrected chi connectivity index (χ2v) is 7.27. The zero-order valence-electron chi connectivity index (χ0n) is 13.6. The monoisotopic (exact) mass is 334 g/mol. The standard InChI is InChI=1S/C16H22N4O2S/c1-11(2)20-14(21)6-5-13(18-20)16(22)19-8-3-4-12(10-19)15-17-7-9-23-15/h7,9,11-12H,3-6,8,10H2,1-2H3/t12-/m1/s1. The summed E-state index contributed by atoms with van der Waals surface area (Å²) < 4.78 is 0. The molecule has 6 nitrogen and oxygen atoms in total. The first-order chi connectivity index (χ1) is 11.1. The van der Waals surface area contributed by atoms with Crippen molar-refractivity contribution in [1.82, 2.24) is 14.9 Å². The molecule has 1 atom stereocenters. The first kappa shape index (κ1) is 16.1. The van der Waals surface area contributed by atoms with Crippen LogP contribution in [0.1, 0.15) is 50.5 Å². The second-order valence-electron chi connectivity index (χ2n) is 6.34. The van der Waals surface area contributed by atoms with E-state index in [2.05, 4.69) is 10.1 Å². The lowest BCUT2D eigenvalue weighted by atomic mass is 9.98. The Morgan fingerprint density at radius 2 is 2.22 bits per heavy atom. The molecule has 1 saturated heterocycles. The number of aromatic nitrogens is 1. The fourth-order valence-electron chi connectivity index (χ4n) is 3.11. The third kappa shape index (κ3) is 3.44. The van der Waals surface area contributed by atoms with Gasteiger partial charge < -0.3 is 4.90 Å². The van der Waals surface area contributed by atoms with E-state index in [1.807, 2.05) is 30.3 Å². The number of thiazole rings is 1. The maximum absolute atomic E-state index is 12.8.